The Morgan fingerprint density at radius 2 is 1.79 bits per heavy atom. The van der Waals surface area contributed by atoms with Gasteiger partial charge in [0.25, 0.3) is 10.2 Å². The number of carbonyl (C=O) groups excluding carboxylic acids is 1. The molecule has 0 radical (unpaired) electrons. The standard InChI is InChI=1S/C17H30N6O3S2/c1-13-12-14(2)19-17(18-13)20-15(6-11-27-5)16(24)22-7-9-23(10-8-22)28(25,26)21(3)4/h12,15H,6-11H2,1-5H3,(H,18,19,20). The van der Waals surface area contributed by atoms with E-state index in [2.05, 4.69) is 15.3 Å². The number of piperazine rings is 1. The molecule has 1 atom stereocenters. The number of nitrogens with one attached hydrogen (secondary N) is 1. The molecule has 1 amide bonds. The molecular formula is C17H30N6O3S2. The molecule has 1 N–H and O–H groups in total. The molecule has 1 fully saturated rings. The van der Waals surface area contributed by atoms with Gasteiger partial charge in [-0.05, 0) is 38.3 Å². The van der Waals surface area contributed by atoms with Crippen LogP contribution in [0.25, 0.3) is 0 Å². The van der Waals surface area contributed by atoms with E-state index < -0.39 is 16.3 Å². The summed E-state index contributed by atoms with van der Waals surface area (Å²) in [7, 11) is -0.426. The summed E-state index contributed by atoms with van der Waals surface area (Å²) in [6.07, 6.45) is 2.65. The second kappa shape index (κ2) is 9.86. The smallest absolute Gasteiger partial charge is 0.281 e. The zero-order chi connectivity index (χ0) is 20.9. The summed E-state index contributed by atoms with van der Waals surface area (Å²) in [5.74, 6) is 1.23. The highest BCUT2D eigenvalue weighted by Crippen LogP contribution is 2.15. The Balaban J connectivity index is 2.07. The van der Waals surface area contributed by atoms with Crippen LogP contribution < -0.4 is 5.32 Å². The van der Waals surface area contributed by atoms with Crippen LogP contribution in [0.1, 0.15) is 17.8 Å². The fraction of sp³-hybridized carbons (Fsp3) is 0.706. The maximum absolute atomic E-state index is 13.1. The number of thioether (sulfide) groups is 1. The van der Waals surface area contributed by atoms with Gasteiger partial charge in [-0.15, -0.1) is 0 Å². The van der Waals surface area contributed by atoms with Crippen LogP contribution in [0.5, 0.6) is 0 Å². The van der Waals surface area contributed by atoms with Crippen LogP contribution in [0.4, 0.5) is 5.95 Å². The molecule has 0 spiro atoms. The molecule has 0 aliphatic carbocycles. The van der Waals surface area contributed by atoms with Crippen molar-refractivity contribution in [1.82, 2.24) is 23.5 Å². The van der Waals surface area contributed by atoms with Gasteiger partial charge in [-0.25, -0.2) is 9.97 Å². The number of amides is 1. The predicted octanol–water partition coefficient (Wildman–Crippen LogP) is 0.578. The van der Waals surface area contributed by atoms with Crippen molar-refractivity contribution in [3.63, 3.8) is 0 Å². The molecule has 9 nitrogen and oxygen atoms in total. The average Bonchev–Trinajstić information content (AvgIpc) is 2.63. The van der Waals surface area contributed by atoms with Gasteiger partial charge in [0.2, 0.25) is 11.9 Å². The lowest BCUT2D eigenvalue weighted by Crippen LogP contribution is -2.55. The fourth-order valence-electron chi connectivity index (χ4n) is 3.03. The summed E-state index contributed by atoms with van der Waals surface area (Å²) in [5, 5.41) is 3.19. The molecule has 0 bridgehead atoms. The molecule has 1 aromatic rings. The Morgan fingerprint density at radius 3 is 2.29 bits per heavy atom. The largest absolute Gasteiger partial charge is 0.342 e. The lowest BCUT2D eigenvalue weighted by Gasteiger charge is -2.36. The van der Waals surface area contributed by atoms with Crippen molar-refractivity contribution in [2.75, 3.05) is 57.6 Å². The number of rotatable bonds is 8. The molecule has 1 aliphatic rings. The second-order valence-corrected chi connectivity index (χ2v) is 10.1. The first-order valence-electron chi connectivity index (χ1n) is 9.19. The molecule has 28 heavy (non-hydrogen) atoms. The van der Waals surface area contributed by atoms with Crippen LogP contribution in [0, 0.1) is 13.8 Å². The van der Waals surface area contributed by atoms with Gasteiger partial charge in [-0.2, -0.15) is 28.8 Å². The van der Waals surface area contributed by atoms with Gasteiger partial charge in [-0.3, -0.25) is 4.79 Å². The number of aromatic nitrogens is 2. The number of nitrogens with zero attached hydrogens (tertiary/aromatic N) is 5. The first-order chi connectivity index (χ1) is 13.1. The average molecular weight is 431 g/mol. The van der Waals surface area contributed by atoms with Crippen molar-refractivity contribution >= 4 is 33.8 Å². The molecule has 2 heterocycles. The Morgan fingerprint density at radius 1 is 1.21 bits per heavy atom. The second-order valence-electron chi connectivity index (χ2n) is 6.97. The van der Waals surface area contributed by atoms with Crippen molar-refractivity contribution in [2.24, 2.45) is 0 Å². The Bertz CT molecular complexity index is 759. The number of aryl methyl sites for hydroxylation is 2. The third-order valence-electron chi connectivity index (χ3n) is 4.53. The number of hydrogen-bond donors (Lipinski definition) is 1. The lowest BCUT2D eigenvalue weighted by atomic mass is 10.2. The molecule has 2 rings (SSSR count). The van der Waals surface area contributed by atoms with E-state index in [4.69, 9.17) is 0 Å². The van der Waals surface area contributed by atoms with E-state index >= 15 is 0 Å². The van der Waals surface area contributed by atoms with Crippen LogP contribution >= 0.6 is 11.8 Å². The monoisotopic (exact) mass is 430 g/mol. The molecule has 0 saturated carbocycles. The normalized spacial score (nSPS) is 17.0. The molecular weight excluding hydrogens is 400 g/mol. The molecule has 1 aliphatic heterocycles. The van der Waals surface area contributed by atoms with E-state index in [0.29, 0.717) is 38.5 Å². The highest BCUT2D eigenvalue weighted by molar-refractivity contribution is 7.98. The van der Waals surface area contributed by atoms with E-state index in [0.717, 1.165) is 17.1 Å². The van der Waals surface area contributed by atoms with Crippen molar-refractivity contribution in [3.05, 3.63) is 17.5 Å². The van der Waals surface area contributed by atoms with Crippen LogP contribution in [-0.2, 0) is 15.0 Å². The minimum Gasteiger partial charge on any atom is -0.342 e. The highest BCUT2D eigenvalue weighted by Gasteiger charge is 2.32. The maximum atomic E-state index is 13.1. The van der Waals surface area contributed by atoms with Crippen molar-refractivity contribution < 1.29 is 13.2 Å². The van der Waals surface area contributed by atoms with Gasteiger partial charge in [0.15, 0.2) is 0 Å². The first kappa shape index (κ1) is 22.9. The maximum Gasteiger partial charge on any atom is 0.281 e. The zero-order valence-electron chi connectivity index (χ0n) is 17.2. The van der Waals surface area contributed by atoms with E-state index in [9.17, 15) is 13.2 Å². The minimum absolute atomic E-state index is 0.0429. The van der Waals surface area contributed by atoms with Crippen molar-refractivity contribution in [2.45, 2.75) is 26.3 Å². The Kier molecular flexibility index (Phi) is 8.05. The van der Waals surface area contributed by atoms with Gasteiger partial charge in [0, 0.05) is 51.7 Å². The summed E-state index contributed by atoms with van der Waals surface area (Å²) in [4.78, 5) is 23.6. The summed E-state index contributed by atoms with van der Waals surface area (Å²) < 4.78 is 27.1. The van der Waals surface area contributed by atoms with Crippen molar-refractivity contribution in [1.29, 1.82) is 0 Å². The van der Waals surface area contributed by atoms with E-state index in [1.807, 2.05) is 26.2 Å². The summed E-state index contributed by atoms with van der Waals surface area (Å²) in [6.45, 7) is 5.11. The quantitative estimate of drug-likeness (QED) is 0.644. The molecule has 158 valence electrons. The molecule has 11 heteroatoms. The minimum atomic E-state index is -3.45. The third kappa shape index (κ3) is 5.79. The topological polar surface area (TPSA) is 98.7 Å². The van der Waals surface area contributed by atoms with Crippen LogP contribution in [0.3, 0.4) is 0 Å². The molecule has 0 aromatic carbocycles. The van der Waals surface area contributed by atoms with Crippen LogP contribution in [-0.4, -0.2) is 96.1 Å². The summed E-state index contributed by atoms with van der Waals surface area (Å²) in [5.41, 5.74) is 1.68. The predicted molar refractivity (Wildman–Crippen MR) is 113 cm³/mol. The Labute approximate surface area is 172 Å². The highest BCUT2D eigenvalue weighted by atomic mass is 32.2. The fourth-order valence-corrected chi connectivity index (χ4v) is 4.59. The van der Waals surface area contributed by atoms with Gasteiger partial charge >= 0.3 is 0 Å². The van der Waals surface area contributed by atoms with Crippen LogP contribution in [0.2, 0.25) is 0 Å². The molecule has 1 unspecified atom stereocenters. The molecule has 1 aromatic heterocycles. The first-order valence-corrected chi connectivity index (χ1v) is 12.0. The Hall–Kier alpha value is -1.43. The van der Waals surface area contributed by atoms with Crippen molar-refractivity contribution in [3.8, 4) is 0 Å². The number of anilines is 1. The van der Waals surface area contributed by atoms with Gasteiger partial charge in [-0.1, -0.05) is 0 Å². The summed E-state index contributed by atoms with van der Waals surface area (Å²) >= 11 is 1.67. The lowest BCUT2D eigenvalue weighted by molar-refractivity contribution is -0.133. The zero-order valence-corrected chi connectivity index (χ0v) is 18.8. The number of hydrogen-bond acceptors (Lipinski definition) is 7. The third-order valence-corrected chi connectivity index (χ3v) is 7.12. The van der Waals surface area contributed by atoms with Gasteiger partial charge < -0.3 is 10.2 Å². The van der Waals surface area contributed by atoms with E-state index in [1.165, 1.54) is 22.7 Å². The van der Waals surface area contributed by atoms with Gasteiger partial charge in [0.1, 0.15) is 6.04 Å². The molecule has 1 saturated heterocycles. The SMILES string of the molecule is CSCCC(Nc1nc(C)cc(C)n1)C(=O)N1CCN(S(=O)(=O)N(C)C)CC1. The summed E-state index contributed by atoms with van der Waals surface area (Å²) in [6, 6.07) is 1.44. The van der Waals surface area contributed by atoms with Gasteiger partial charge in [0.05, 0.1) is 0 Å². The number of carbonyl (C=O) groups is 1. The van der Waals surface area contributed by atoms with E-state index in [1.54, 1.807) is 16.7 Å². The van der Waals surface area contributed by atoms with Crippen LogP contribution in [0.15, 0.2) is 6.07 Å². The van der Waals surface area contributed by atoms with E-state index in [-0.39, 0.29) is 5.91 Å².